The number of carbonyl (C=O) groups is 1. The zero-order valence-electron chi connectivity index (χ0n) is 6.00. The van der Waals surface area contributed by atoms with Crippen molar-refractivity contribution in [2.75, 3.05) is 0 Å². The Morgan fingerprint density at radius 2 is 2.27 bits per heavy atom. The number of ether oxygens (including phenoxy) is 1. The molecule has 1 unspecified atom stereocenters. The van der Waals surface area contributed by atoms with Gasteiger partial charge in [0.1, 0.15) is 6.10 Å². The van der Waals surface area contributed by atoms with Gasteiger partial charge in [0.2, 0.25) is 0 Å². The molecule has 2 nitrogen and oxygen atoms in total. The highest BCUT2D eigenvalue weighted by Crippen LogP contribution is 2.56. The SMILES string of the molecule is O=C1O[C@H]2C(Br)[C@@H]3C[C@H]2[C@H]1C3. The minimum absolute atomic E-state index is 0.0597. The largest absolute Gasteiger partial charge is 0.461 e. The molecule has 0 aromatic rings. The molecular weight excluding hydrogens is 208 g/mol. The summed E-state index contributed by atoms with van der Waals surface area (Å²) in [5, 5.41) is 0. The molecule has 3 aliphatic rings. The Bertz CT molecular complexity index is 228. The average Bonchev–Trinajstić information content (AvgIpc) is 2.53. The number of halogens is 1. The molecule has 0 N–H and O–H groups in total. The van der Waals surface area contributed by atoms with Crippen LogP contribution in [0.4, 0.5) is 0 Å². The summed E-state index contributed by atoms with van der Waals surface area (Å²) in [6.45, 7) is 0. The Hall–Kier alpha value is -0.0500. The average molecular weight is 217 g/mol. The third kappa shape index (κ3) is 0.616. The summed E-state index contributed by atoms with van der Waals surface area (Å²) in [5.74, 6) is 1.58. The smallest absolute Gasteiger partial charge is 0.309 e. The van der Waals surface area contributed by atoms with E-state index in [1.54, 1.807) is 0 Å². The molecule has 2 bridgehead atoms. The first-order valence-electron chi connectivity index (χ1n) is 4.12. The minimum atomic E-state index is 0.0597. The van der Waals surface area contributed by atoms with Gasteiger partial charge in [0.05, 0.1) is 10.7 Å². The number of hydrogen-bond donors (Lipinski definition) is 0. The van der Waals surface area contributed by atoms with E-state index in [2.05, 4.69) is 15.9 Å². The molecule has 1 saturated heterocycles. The van der Waals surface area contributed by atoms with Gasteiger partial charge in [-0.25, -0.2) is 0 Å². The van der Waals surface area contributed by atoms with Crippen LogP contribution in [0.25, 0.3) is 0 Å². The number of esters is 1. The molecule has 3 rings (SSSR count). The first-order chi connectivity index (χ1) is 5.27. The number of hydrogen-bond acceptors (Lipinski definition) is 2. The summed E-state index contributed by atoms with van der Waals surface area (Å²) >= 11 is 3.60. The second kappa shape index (κ2) is 1.82. The van der Waals surface area contributed by atoms with Gasteiger partial charge in [-0.3, -0.25) is 4.79 Å². The Morgan fingerprint density at radius 1 is 1.45 bits per heavy atom. The molecule has 0 aromatic heterocycles. The van der Waals surface area contributed by atoms with Gasteiger partial charge < -0.3 is 4.74 Å². The number of alkyl halides is 1. The zero-order chi connectivity index (χ0) is 7.59. The molecular formula is C8H9BrO2. The molecule has 0 aromatic carbocycles. The predicted molar refractivity (Wildman–Crippen MR) is 42.3 cm³/mol. The second-order valence-corrected chi connectivity index (χ2v) is 4.91. The highest BCUT2D eigenvalue weighted by atomic mass is 79.9. The van der Waals surface area contributed by atoms with Crippen LogP contribution in [0.2, 0.25) is 0 Å². The zero-order valence-corrected chi connectivity index (χ0v) is 7.58. The van der Waals surface area contributed by atoms with Crippen LogP contribution in [0.1, 0.15) is 12.8 Å². The molecule has 2 saturated carbocycles. The molecule has 2 aliphatic carbocycles. The van der Waals surface area contributed by atoms with E-state index in [-0.39, 0.29) is 18.0 Å². The van der Waals surface area contributed by atoms with E-state index in [4.69, 9.17) is 4.74 Å². The molecule has 3 fully saturated rings. The van der Waals surface area contributed by atoms with Gasteiger partial charge in [-0.05, 0) is 18.8 Å². The molecule has 0 radical (unpaired) electrons. The maximum atomic E-state index is 11.2. The van der Waals surface area contributed by atoms with Gasteiger partial charge in [-0.1, -0.05) is 15.9 Å². The van der Waals surface area contributed by atoms with Crippen molar-refractivity contribution in [2.45, 2.75) is 23.8 Å². The number of rotatable bonds is 0. The number of fused-ring (bicyclic) bond motifs is 1. The summed E-state index contributed by atoms with van der Waals surface area (Å²) in [7, 11) is 0. The lowest BCUT2D eigenvalue weighted by molar-refractivity contribution is -0.143. The van der Waals surface area contributed by atoms with Gasteiger partial charge in [-0.15, -0.1) is 0 Å². The molecule has 0 amide bonds. The lowest BCUT2D eigenvalue weighted by atomic mass is 9.90. The van der Waals surface area contributed by atoms with Crippen LogP contribution in [-0.2, 0) is 9.53 Å². The third-order valence-electron chi connectivity index (χ3n) is 3.39. The standard InChI is InChI=1S/C8H9BrO2/c9-6-3-1-4-5(2-3)8(10)11-7(4)6/h3-7H,1-2H2/t3-,4+,5-,6?,7-/m1/s1. The van der Waals surface area contributed by atoms with Crippen LogP contribution < -0.4 is 0 Å². The first kappa shape index (κ1) is 6.46. The fraction of sp³-hybridized carbons (Fsp3) is 0.875. The second-order valence-electron chi connectivity index (χ2n) is 3.85. The molecule has 1 heterocycles. The molecule has 3 heteroatoms. The highest BCUT2D eigenvalue weighted by molar-refractivity contribution is 9.09. The van der Waals surface area contributed by atoms with Gasteiger partial charge in [0, 0.05) is 5.92 Å². The van der Waals surface area contributed by atoms with Crippen molar-refractivity contribution in [3.05, 3.63) is 0 Å². The Morgan fingerprint density at radius 3 is 2.91 bits per heavy atom. The Kier molecular flexibility index (Phi) is 1.07. The summed E-state index contributed by atoms with van der Waals surface area (Å²) < 4.78 is 5.27. The van der Waals surface area contributed by atoms with E-state index in [0.29, 0.717) is 16.7 Å². The van der Waals surface area contributed by atoms with Crippen LogP contribution >= 0.6 is 15.9 Å². The lowest BCUT2D eigenvalue weighted by Gasteiger charge is -2.18. The molecule has 11 heavy (non-hydrogen) atoms. The summed E-state index contributed by atoms with van der Waals surface area (Å²) in [6, 6.07) is 0. The van der Waals surface area contributed by atoms with E-state index in [1.165, 1.54) is 6.42 Å². The van der Waals surface area contributed by atoms with Crippen molar-refractivity contribution in [1.82, 2.24) is 0 Å². The van der Waals surface area contributed by atoms with Crippen LogP contribution in [0.3, 0.4) is 0 Å². The maximum Gasteiger partial charge on any atom is 0.309 e. The fourth-order valence-electron chi connectivity index (χ4n) is 2.88. The Labute approximate surface area is 73.4 Å². The van der Waals surface area contributed by atoms with Crippen LogP contribution in [-0.4, -0.2) is 16.9 Å². The van der Waals surface area contributed by atoms with Gasteiger partial charge >= 0.3 is 5.97 Å². The monoisotopic (exact) mass is 216 g/mol. The van der Waals surface area contributed by atoms with Gasteiger partial charge in [0.25, 0.3) is 0 Å². The van der Waals surface area contributed by atoms with E-state index in [1.807, 2.05) is 0 Å². The van der Waals surface area contributed by atoms with Crippen molar-refractivity contribution in [3.8, 4) is 0 Å². The summed E-state index contributed by atoms with van der Waals surface area (Å²) in [4.78, 5) is 11.6. The van der Waals surface area contributed by atoms with Crippen molar-refractivity contribution in [3.63, 3.8) is 0 Å². The van der Waals surface area contributed by atoms with Gasteiger partial charge in [0.15, 0.2) is 0 Å². The Balaban J connectivity index is 2.04. The van der Waals surface area contributed by atoms with Crippen LogP contribution in [0, 0.1) is 17.8 Å². The van der Waals surface area contributed by atoms with E-state index in [9.17, 15) is 4.79 Å². The van der Waals surface area contributed by atoms with E-state index >= 15 is 0 Å². The summed E-state index contributed by atoms with van der Waals surface area (Å²) in [5.41, 5.74) is 0. The fourth-order valence-corrected chi connectivity index (χ4v) is 3.82. The highest BCUT2D eigenvalue weighted by Gasteiger charge is 2.60. The first-order valence-corrected chi connectivity index (χ1v) is 5.03. The molecule has 60 valence electrons. The lowest BCUT2D eigenvalue weighted by Crippen LogP contribution is -2.26. The maximum absolute atomic E-state index is 11.2. The normalized spacial score (nSPS) is 58.6. The minimum Gasteiger partial charge on any atom is -0.461 e. The van der Waals surface area contributed by atoms with Crippen molar-refractivity contribution < 1.29 is 9.53 Å². The topological polar surface area (TPSA) is 26.3 Å². The molecule has 1 aliphatic heterocycles. The third-order valence-corrected chi connectivity index (χ3v) is 4.66. The van der Waals surface area contributed by atoms with Gasteiger partial charge in [-0.2, -0.15) is 0 Å². The van der Waals surface area contributed by atoms with E-state index < -0.39 is 0 Å². The molecule has 0 spiro atoms. The quantitative estimate of drug-likeness (QED) is 0.452. The van der Waals surface area contributed by atoms with Crippen molar-refractivity contribution in [2.24, 2.45) is 17.8 Å². The van der Waals surface area contributed by atoms with Crippen LogP contribution in [0.15, 0.2) is 0 Å². The predicted octanol–water partition coefficient (Wildman–Crippen LogP) is 1.33. The van der Waals surface area contributed by atoms with Crippen molar-refractivity contribution in [1.29, 1.82) is 0 Å². The number of carbonyl (C=O) groups excluding carboxylic acids is 1. The van der Waals surface area contributed by atoms with Crippen molar-refractivity contribution >= 4 is 21.9 Å². The summed E-state index contributed by atoms with van der Waals surface area (Å²) in [6.07, 6.45) is 2.48. The molecule has 5 atom stereocenters. The van der Waals surface area contributed by atoms with Crippen LogP contribution in [0.5, 0.6) is 0 Å². The van der Waals surface area contributed by atoms with E-state index in [0.717, 1.165) is 6.42 Å².